The van der Waals surface area contributed by atoms with Crippen LogP contribution in [0.3, 0.4) is 0 Å². The molecule has 0 saturated heterocycles. The van der Waals surface area contributed by atoms with Crippen molar-refractivity contribution >= 4 is 17.5 Å². The molecule has 0 aliphatic rings. The first-order chi connectivity index (χ1) is 14.5. The van der Waals surface area contributed by atoms with Crippen molar-refractivity contribution in [3.63, 3.8) is 0 Å². The summed E-state index contributed by atoms with van der Waals surface area (Å²) in [5, 5.41) is 7.18. The SMILES string of the molecule is COc1ccc(C(=O)Nc2cc(=O)[nH]c3nc(-c4ccccc4C)nn23)cc1OC. The standard InChI is InChI=1S/C21H19N5O4/c1-12-6-4-5-7-14(12)19-24-21-23-18(27)11-17(26(21)25-19)22-20(28)13-8-9-15(29-2)16(10-13)30-3/h4-11H,1-3H3,(H,22,28)(H,23,24,25,27). The van der Waals surface area contributed by atoms with Gasteiger partial charge in [-0.2, -0.15) is 9.50 Å². The van der Waals surface area contributed by atoms with E-state index in [1.807, 2.05) is 31.2 Å². The van der Waals surface area contributed by atoms with Crippen molar-refractivity contribution in [1.29, 1.82) is 0 Å². The number of nitrogens with zero attached hydrogens (tertiary/aromatic N) is 3. The monoisotopic (exact) mass is 405 g/mol. The third-order valence-corrected chi connectivity index (χ3v) is 4.61. The summed E-state index contributed by atoms with van der Waals surface area (Å²) in [7, 11) is 3.00. The normalized spacial score (nSPS) is 10.8. The number of aromatic nitrogens is 4. The maximum absolute atomic E-state index is 12.8. The average Bonchev–Trinajstić information content (AvgIpc) is 3.17. The molecule has 2 aromatic heterocycles. The number of methoxy groups -OCH3 is 2. The molecule has 152 valence electrons. The van der Waals surface area contributed by atoms with E-state index in [0.29, 0.717) is 22.9 Å². The Balaban J connectivity index is 1.73. The molecule has 0 bridgehead atoms. The van der Waals surface area contributed by atoms with Crippen LogP contribution in [0.2, 0.25) is 0 Å². The Kier molecular flexibility index (Phi) is 4.93. The van der Waals surface area contributed by atoms with Gasteiger partial charge < -0.3 is 14.8 Å². The van der Waals surface area contributed by atoms with Gasteiger partial charge in [-0.15, -0.1) is 5.10 Å². The number of hydrogen-bond acceptors (Lipinski definition) is 6. The van der Waals surface area contributed by atoms with E-state index < -0.39 is 11.5 Å². The molecule has 0 atom stereocenters. The Morgan fingerprint density at radius 1 is 1.07 bits per heavy atom. The first kappa shape index (κ1) is 19.2. The summed E-state index contributed by atoms with van der Waals surface area (Å²) in [6, 6.07) is 13.7. The van der Waals surface area contributed by atoms with Gasteiger partial charge >= 0.3 is 0 Å². The van der Waals surface area contributed by atoms with Gasteiger partial charge in [0.1, 0.15) is 5.82 Å². The van der Waals surface area contributed by atoms with Gasteiger partial charge in [-0.25, -0.2) is 0 Å². The summed E-state index contributed by atoms with van der Waals surface area (Å²) < 4.78 is 11.8. The summed E-state index contributed by atoms with van der Waals surface area (Å²) >= 11 is 0. The maximum atomic E-state index is 12.8. The number of anilines is 1. The maximum Gasteiger partial charge on any atom is 0.256 e. The fourth-order valence-corrected chi connectivity index (χ4v) is 3.09. The van der Waals surface area contributed by atoms with E-state index in [1.165, 1.54) is 24.8 Å². The average molecular weight is 405 g/mol. The molecule has 0 aliphatic carbocycles. The molecular weight excluding hydrogens is 386 g/mol. The Bertz CT molecular complexity index is 1310. The quantitative estimate of drug-likeness (QED) is 0.528. The highest BCUT2D eigenvalue weighted by Gasteiger charge is 2.16. The second kappa shape index (κ2) is 7.70. The van der Waals surface area contributed by atoms with Crippen molar-refractivity contribution < 1.29 is 14.3 Å². The van der Waals surface area contributed by atoms with Crippen molar-refractivity contribution in [2.75, 3.05) is 19.5 Å². The Labute approximate surface area is 171 Å². The van der Waals surface area contributed by atoms with Crippen LogP contribution in [0.1, 0.15) is 15.9 Å². The number of benzene rings is 2. The number of fused-ring (bicyclic) bond motifs is 1. The van der Waals surface area contributed by atoms with Gasteiger partial charge in [0.2, 0.25) is 5.78 Å². The van der Waals surface area contributed by atoms with Crippen LogP contribution in [-0.4, -0.2) is 39.7 Å². The van der Waals surface area contributed by atoms with E-state index in [1.54, 1.807) is 18.2 Å². The summed E-state index contributed by atoms with van der Waals surface area (Å²) in [5.74, 6) is 1.35. The van der Waals surface area contributed by atoms with Crippen LogP contribution >= 0.6 is 0 Å². The third-order valence-electron chi connectivity index (χ3n) is 4.61. The minimum atomic E-state index is -0.434. The van der Waals surface area contributed by atoms with Crippen molar-refractivity contribution in [3.8, 4) is 22.9 Å². The number of aromatic amines is 1. The number of ether oxygens (including phenoxy) is 2. The van der Waals surface area contributed by atoms with Gasteiger partial charge in [-0.3, -0.25) is 14.6 Å². The number of hydrogen-bond donors (Lipinski definition) is 2. The molecule has 2 N–H and O–H groups in total. The summed E-state index contributed by atoms with van der Waals surface area (Å²) in [4.78, 5) is 31.9. The highest BCUT2D eigenvalue weighted by atomic mass is 16.5. The second-order valence-corrected chi connectivity index (χ2v) is 6.53. The Morgan fingerprint density at radius 3 is 2.57 bits per heavy atom. The van der Waals surface area contributed by atoms with Crippen molar-refractivity contribution in [1.82, 2.24) is 19.6 Å². The molecule has 4 rings (SSSR count). The summed E-state index contributed by atoms with van der Waals surface area (Å²) in [6.07, 6.45) is 0. The second-order valence-electron chi connectivity index (χ2n) is 6.53. The molecule has 0 radical (unpaired) electrons. The van der Waals surface area contributed by atoms with Crippen molar-refractivity contribution in [3.05, 3.63) is 70.0 Å². The zero-order valence-corrected chi connectivity index (χ0v) is 16.6. The minimum absolute atomic E-state index is 0.195. The van der Waals surface area contributed by atoms with Gasteiger partial charge in [0.25, 0.3) is 11.5 Å². The van der Waals surface area contributed by atoms with Gasteiger partial charge in [0, 0.05) is 17.2 Å². The smallest absolute Gasteiger partial charge is 0.256 e. The number of H-pyrrole nitrogens is 1. The molecule has 0 unspecified atom stereocenters. The van der Waals surface area contributed by atoms with Gasteiger partial charge in [0.05, 0.1) is 14.2 Å². The van der Waals surface area contributed by atoms with E-state index >= 15 is 0 Å². The van der Waals surface area contributed by atoms with Gasteiger partial charge in [0.15, 0.2) is 17.3 Å². The molecular formula is C21H19N5O4. The molecule has 0 aliphatic heterocycles. The molecule has 2 heterocycles. The van der Waals surface area contributed by atoms with E-state index in [0.717, 1.165) is 11.1 Å². The first-order valence-electron chi connectivity index (χ1n) is 9.09. The van der Waals surface area contributed by atoms with Crippen LogP contribution in [0, 0.1) is 6.92 Å². The molecule has 9 heteroatoms. The molecule has 2 aromatic carbocycles. The lowest BCUT2D eigenvalue weighted by atomic mass is 10.1. The molecule has 0 fully saturated rings. The predicted octanol–water partition coefficient (Wildman–Crippen LogP) is 2.66. The highest BCUT2D eigenvalue weighted by Crippen LogP contribution is 2.28. The fourth-order valence-electron chi connectivity index (χ4n) is 3.09. The van der Waals surface area contributed by atoms with Crippen LogP contribution < -0.4 is 20.3 Å². The van der Waals surface area contributed by atoms with E-state index in [4.69, 9.17) is 9.47 Å². The fraction of sp³-hybridized carbons (Fsp3) is 0.143. The molecule has 9 nitrogen and oxygen atoms in total. The largest absolute Gasteiger partial charge is 0.493 e. The predicted molar refractivity (Wildman–Crippen MR) is 111 cm³/mol. The number of carbonyl (C=O) groups excluding carboxylic acids is 1. The van der Waals surface area contributed by atoms with Crippen LogP contribution in [-0.2, 0) is 0 Å². The van der Waals surface area contributed by atoms with E-state index in [-0.39, 0.29) is 11.6 Å². The lowest BCUT2D eigenvalue weighted by molar-refractivity contribution is 0.102. The highest BCUT2D eigenvalue weighted by molar-refractivity contribution is 6.04. The van der Waals surface area contributed by atoms with E-state index in [2.05, 4.69) is 20.4 Å². The van der Waals surface area contributed by atoms with Crippen LogP contribution in [0.15, 0.2) is 53.3 Å². The summed E-state index contributed by atoms with van der Waals surface area (Å²) in [6.45, 7) is 1.95. The lowest BCUT2D eigenvalue weighted by Crippen LogP contribution is -2.18. The zero-order valence-electron chi connectivity index (χ0n) is 16.6. The van der Waals surface area contributed by atoms with Gasteiger partial charge in [-0.05, 0) is 30.7 Å². The van der Waals surface area contributed by atoms with Crippen LogP contribution in [0.5, 0.6) is 11.5 Å². The Hall–Kier alpha value is -4.14. The molecule has 1 amide bonds. The third kappa shape index (κ3) is 3.48. The molecule has 4 aromatic rings. The topological polar surface area (TPSA) is 111 Å². The van der Waals surface area contributed by atoms with Crippen molar-refractivity contribution in [2.45, 2.75) is 6.92 Å². The molecule has 30 heavy (non-hydrogen) atoms. The number of aryl methyl sites for hydroxylation is 1. The first-order valence-corrected chi connectivity index (χ1v) is 9.09. The molecule has 0 saturated carbocycles. The molecule has 0 spiro atoms. The summed E-state index contributed by atoms with van der Waals surface area (Å²) in [5.41, 5.74) is 1.75. The number of nitrogens with one attached hydrogen (secondary N) is 2. The van der Waals surface area contributed by atoms with Crippen LogP contribution in [0.4, 0.5) is 5.82 Å². The zero-order chi connectivity index (χ0) is 21.3. The van der Waals surface area contributed by atoms with Crippen LogP contribution in [0.25, 0.3) is 17.2 Å². The van der Waals surface area contributed by atoms with Crippen molar-refractivity contribution in [2.24, 2.45) is 0 Å². The van der Waals surface area contributed by atoms with E-state index in [9.17, 15) is 9.59 Å². The minimum Gasteiger partial charge on any atom is -0.493 e. The van der Waals surface area contributed by atoms with Gasteiger partial charge in [-0.1, -0.05) is 24.3 Å². The number of carbonyl (C=O) groups is 1. The Morgan fingerprint density at radius 2 is 1.83 bits per heavy atom. The lowest BCUT2D eigenvalue weighted by Gasteiger charge is -2.10. The number of amides is 1. The number of rotatable bonds is 5.